The number of methoxy groups -OCH3 is 1. The van der Waals surface area contributed by atoms with Crippen LogP contribution in [0.3, 0.4) is 0 Å². The fourth-order valence-corrected chi connectivity index (χ4v) is 2.84. The van der Waals surface area contributed by atoms with Crippen molar-refractivity contribution in [3.05, 3.63) is 53.9 Å². The lowest BCUT2D eigenvalue weighted by Gasteiger charge is -2.18. The molecule has 1 atom stereocenters. The van der Waals surface area contributed by atoms with Gasteiger partial charge in [0.05, 0.1) is 18.4 Å². The van der Waals surface area contributed by atoms with E-state index in [1.807, 2.05) is 6.26 Å². The van der Waals surface area contributed by atoms with Crippen molar-refractivity contribution in [2.45, 2.75) is 12.5 Å². The summed E-state index contributed by atoms with van der Waals surface area (Å²) in [7, 11) is 1.47. The van der Waals surface area contributed by atoms with Gasteiger partial charge in [-0.3, -0.25) is 9.59 Å². The third-order valence-electron chi connectivity index (χ3n) is 3.80. The quantitative estimate of drug-likeness (QED) is 0.477. The number of amides is 1. The van der Waals surface area contributed by atoms with Crippen LogP contribution in [0, 0.1) is 0 Å². The van der Waals surface area contributed by atoms with Crippen LogP contribution in [-0.2, 0) is 9.53 Å². The Hall–Kier alpha value is -2.74. The molecule has 0 unspecified atom stereocenters. The second-order valence-corrected chi connectivity index (χ2v) is 6.61. The molecule has 0 radical (unpaired) electrons. The standard InChI is InChI=1S/C19H22N2O5S/c1-25-17-8-4-3-6-13(17)18(23)21-15(9-11-27-2)19(24)26-12-16(22)14-7-5-10-20-14/h3-8,10,15,20H,9,11-12H2,1-2H3,(H,21,23)/t15-/m0/s1. The molecule has 2 rings (SSSR count). The molecule has 0 fully saturated rings. The summed E-state index contributed by atoms with van der Waals surface area (Å²) in [5, 5.41) is 2.68. The summed E-state index contributed by atoms with van der Waals surface area (Å²) in [6, 6.07) is 9.17. The average molecular weight is 390 g/mol. The van der Waals surface area contributed by atoms with E-state index in [2.05, 4.69) is 10.3 Å². The molecule has 0 aliphatic rings. The van der Waals surface area contributed by atoms with Crippen LogP contribution >= 0.6 is 11.8 Å². The van der Waals surface area contributed by atoms with E-state index >= 15 is 0 Å². The lowest BCUT2D eigenvalue weighted by Crippen LogP contribution is -2.42. The number of carbonyl (C=O) groups is 3. The minimum absolute atomic E-state index is 0.324. The summed E-state index contributed by atoms with van der Waals surface area (Å²) in [6.45, 7) is -0.389. The molecule has 0 saturated heterocycles. The van der Waals surface area contributed by atoms with Crippen molar-refractivity contribution in [1.29, 1.82) is 0 Å². The van der Waals surface area contributed by atoms with E-state index < -0.39 is 17.9 Å². The third kappa shape index (κ3) is 5.89. The highest BCUT2D eigenvalue weighted by Crippen LogP contribution is 2.17. The van der Waals surface area contributed by atoms with Gasteiger partial charge in [0.25, 0.3) is 5.91 Å². The van der Waals surface area contributed by atoms with Gasteiger partial charge < -0.3 is 19.8 Å². The van der Waals surface area contributed by atoms with Crippen LogP contribution in [0.15, 0.2) is 42.6 Å². The van der Waals surface area contributed by atoms with Gasteiger partial charge in [-0.2, -0.15) is 11.8 Å². The summed E-state index contributed by atoms with van der Waals surface area (Å²) in [6.07, 6.45) is 3.90. The van der Waals surface area contributed by atoms with Gasteiger partial charge in [-0.05, 0) is 42.7 Å². The van der Waals surface area contributed by atoms with E-state index in [0.717, 1.165) is 0 Å². The molecular formula is C19H22N2O5S. The largest absolute Gasteiger partial charge is 0.496 e. The predicted molar refractivity (Wildman–Crippen MR) is 103 cm³/mol. The number of nitrogens with one attached hydrogen (secondary N) is 2. The normalized spacial score (nSPS) is 11.5. The maximum Gasteiger partial charge on any atom is 0.329 e. The Bertz CT molecular complexity index is 776. The molecule has 144 valence electrons. The van der Waals surface area contributed by atoms with E-state index in [1.54, 1.807) is 54.4 Å². The number of thioether (sulfide) groups is 1. The average Bonchev–Trinajstić information content (AvgIpc) is 3.23. The number of Topliss-reactive ketones (excluding diaryl/α,β-unsaturated/α-hetero) is 1. The Morgan fingerprint density at radius 2 is 1.96 bits per heavy atom. The van der Waals surface area contributed by atoms with Gasteiger partial charge in [0.15, 0.2) is 6.61 Å². The Morgan fingerprint density at radius 3 is 2.63 bits per heavy atom. The summed E-state index contributed by atoms with van der Waals surface area (Å²) in [4.78, 5) is 39.7. The molecule has 7 nitrogen and oxygen atoms in total. The molecule has 1 aromatic heterocycles. The van der Waals surface area contributed by atoms with Crippen molar-refractivity contribution in [1.82, 2.24) is 10.3 Å². The number of carbonyl (C=O) groups excluding carboxylic acids is 3. The fourth-order valence-electron chi connectivity index (χ4n) is 2.37. The molecule has 1 aromatic carbocycles. The Balaban J connectivity index is 2.01. The first kappa shape index (κ1) is 20.6. The first-order valence-electron chi connectivity index (χ1n) is 8.32. The first-order chi connectivity index (χ1) is 13.1. The number of hydrogen-bond acceptors (Lipinski definition) is 6. The van der Waals surface area contributed by atoms with Crippen LogP contribution in [0.4, 0.5) is 0 Å². The Labute approximate surface area is 161 Å². The second-order valence-electron chi connectivity index (χ2n) is 5.62. The smallest absolute Gasteiger partial charge is 0.329 e. The van der Waals surface area contributed by atoms with E-state index in [4.69, 9.17) is 9.47 Å². The summed E-state index contributed by atoms with van der Waals surface area (Å²) < 4.78 is 10.3. The molecule has 0 spiro atoms. The topological polar surface area (TPSA) is 97.5 Å². The van der Waals surface area contributed by atoms with Crippen molar-refractivity contribution in [3.63, 3.8) is 0 Å². The first-order valence-corrected chi connectivity index (χ1v) is 9.72. The molecule has 2 aromatic rings. The van der Waals surface area contributed by atoms with Gasteiger partial charge in [0.1, 0.15) is 11.8 Å². The minimum Gasteiger partial charge on any atom is -0.496 e. The molecule has 0 aliphatic carbocycles. The lowest BCUT2D eigenvalue weighted by atomic mass is 10.1. The third-order valence-corrected chi connectivity index (χ3v) is 4.44. The summed E-state index contributed by atoms with van der Waals surface area (Å²) in [5.74, 6) is -0.364. The summed E-state index contributed by atoms with van der Waals surface area (Å²) in [5.41, 5.74) is 0.686. The number of benzene rings is 1. The minimum atomic E-state index is -0.855. The highest BCUT2D eigenvalue weighted by Gasteiger charge is 2.24. The van der Waals surface area contributed by atoms with Crippen LogP contribution in [0.5, 0.6) is 5.75 Å². The number of esters is 1. The SMILES string of the molecule is COc1ccccc1C(=O)N[C@@H](CCSC)C(=O)OCC(=O)c1ccc[nH]1. The molecule has 0 bridgehead atoms. The van der Waals surface area contributed by atoms with Gasteiger partial charge in [-0.1, -0.05) is 12.1 Å². The van der Waals surface area contributed by atoms with Gasteiger partial charge in [0, 0.05) is 6.20 Å². The number of H-pyrrole nitrogens is 1. The van der Waals surface area contributed by atoms with Crippen molar-refractivity contribution in [2.75, 3.05) is 25.7 Å². The van der Waals surface area contributed by atoms with Gasteiger partial charge >= 0.3 is 5.97 Å². The Kier molecular flexibility index (Phi) is 7.94. The van der Waals surface area contributed by atoms with Crippen molar-refractivity contribution in [2.24, 2.45) is 0 Å². The second kappa shape index (κ2) is 10.4. The zero-order valence-electron chi connectivity index (χ0n) is 15.2. The number of aromatic amines is 1. The number of hydrogen-bond donors (Lipinski definition) is 2. The van der Waals surface area contributed by atoms with Gasteiger partial charge in [-0.15, -0.1) is 0 Å². The molecule has 8 heteroatoms. The number of rotatable bonds is 10. The number of aromatic nitrogens is 1. The van der Waals surface area contributed by atoms with Gasteiger partial charge in [-0.25, -0.2) is 4.79 Å². The van der Waals surface area contributed by atoms with Crippen molar-refractivity contribution >= 4 is 29.4 Å². The van der Waals surface area contributed by atoms with Crippen LogP contribution < -0.4 is 10.1 Å². The van der Waals surface area contributed by atoms with E-state index in [1.165, 1.54) is 7.11 Å². The number of ketones is 1. The van der Waals surface area contributed by atoms with Crippen molar-refractivity contribution in [3.8, 4) is 5.75 Å². The maximum absolute atomic E-state index is 12.5. The zero-order chi connectivity index (χ0) is 19.6. The molecule has 1 heterocycles. The molecule has 2 N–H and O–H groups in total. The van der Waals surface area contributed by atoms with Crippen LogP contribution in [-0.4, -0.2) is 54.4 Å². The van der Waals surface area contributed by atoms with E-state index in [0.29, 0.717) is 29.2 Å². The molecule has 1 amide bonds. The lowest BCUT2D eigenvalue weighted by molar-refractivity contribution is -0.144. The maximum atomic E-state index is 12.5. The highest BCUT2D eigenvalue weighted by molar-refractivity contribution is 7.98. The summed E-state index contributed by atoms with van der Waals surface area (Å²) >= 11 is 1.54. The molecule has 27 heavy (non-hydrogen) atoms. The van der Waals surface area contributed by atoms with Crippen LogP contribution in [0.25, 0.3) is 0 Å². The van der Waals surface area contributed by atoms with Crippen LogP contribution in [0.1, 0.15) is 27.3 Å². The number of para-hydroxylation sites is 1. The zero-order valence-corrected chi connectivity index (χ0v) is 16.0. The highest BCUT2D eigenvalue weighted by atomic mass is 32.2. The van der Waals surface area contributed by atoms with E-state index in [-0.39, 0.29) is 12.4 Å². The monoisotopic (exact) mass is 390 g/mol. The molecule has 0 saturated carbocycles. The Morgan fingerprint density at radius 1 is 1.19 bits per heavy atom. The van der Waals surface area contributed by atoms with E-state index in [9.17, 15) is 14.4 Å². The van der Waals surface area contributed by atoms with Gasteiger partial charge in [0.2, 0.25) is 5.78 Å². The van der Waals surface area contributed by atoms with Crippen LogP contribution in [0.2, 0.25) is 0 Å². The van der Waals surface area contributed by atoms with Crippen molar-refractivity contribution < 1.29 is 23.9 Å². The molecule has 0 aliphatic heterocycles. The fraction of sp³-hybridized carbons (Fsp3) is 0.316. The predicted octanol–water partition coefficient (Wildman–Crippen LogP) is 2.30. The molecular weight excluding hydrogens is 368 g/mol. The number of ether oxygens (including phenoxy) is 2.